The molecule has 4 nitrogen and oxygen atoms in total. The van der Waals surface area contributed by atoms with E-state index in [1.54, 1.807) is 36.4 Å². The lowest BCUT2D eigenvalue weighted by atomic mass is 10.1. The second kappa shape index (κ2) is 7.18. The van der Waals surface area contributed by atoms with Gasteiger partial charge < -0.3 is 15.2 Å². The molecule has 0 saturated heterocycles. The minimum Gasteiger partial charge on any atom is -0.508 e. The van der Waals surface area contributed by atoms with Crippen molar-refractivity contribution < 1.29 is 14.6 Å². The molecule has 0 unspecified atom stereocenters. The number of nitrogens with one attached hydrogen (secondary N) is 1. The van der Waals surface area contributed by atoms with Gasteiger partial charge in [0.2, 0.25) is 0 Å². The van der Waals surface area contributed by atoms with E-state index in [0.29, 0.717) is 17.3 Å². The number of aryl methyl sites for hydroxylation is 2. The standard InChI is InChI=1S/C17H18ClNO3/c1-11-7-14(18)8-12(2)17(11)22-10-16(21)19-9-13-3-5-15(20)6-4-13/h3-8,20H,9-10H2,1-2H3,(H,19,21). The Bertz CT molecular complexity index is 645. The normalized spacial score (nSPS) is 10.3. The van der Waals surface area contributed by atoms with Crippen LogP contribution >= 0.6 is 11.6 Å². The number of ether oxygens (including phenoxy) is 1. The maximum Gasteiger partial charge on any atom is 0.258 e. The molecule has 0 saturated carbocycles. The van der Waals surface area contributed by atoms with E-state index in [9.17, 15) is 9.90 Å². The van der Waals surface area contributed by atoms with Gasteiger partial charge in [-0.05, 0) is 54.8 Å². The van der Waals surface area contributed by atoms with Gasteiger partial charge in [-0.15, -0.1) is 0 Å². The molecule has 2 rings (SSSR count). The highest BCUT2D eigenvalue weighted by atomic mass is 35.5. The second-order valence-electron chi connectivity index (χ2n) is 5.10. The van der Waals surface area contributed by atoms with Crippen molar-refractivity contribution in [2.75, 3.05) is 6.61 Å². The predicted octanol–water partition coefficient (Wildman–Crippen LogP) is 3.36. The zero-order valence-corrected chi connectivity index (χ0v) is 13.3. The fourth-order valence-corrected chi connectivity index (χ4v) is 2.46. The number of hydrogen-bond donors (Lipinski definition) is 2. The summed E-state index contributed by atoms with van der Waals surface area (Å²) >= 11 is 5.96. The van der Waals surface area contributed by atoms with Crippen molar-refractivity contribution in [2.45, 2.75) is 20.4 Å². The zero-order valence-electron chi connectivity index (χ0n) is 12.5. The van der Waals surface area contributed by atoms with E-state index >= 15 is 0 Å². The van der Waals surface area contributed by atoms with Gasteiger partial charge in [0.15, 0.2) is 6.61 Å². The minimum absolute atomic E-state index is 0.0542. The lowest BCUT2D eigenvalue weighted by Gasteiger charge is -2.12. The van der Waals surface area contributed by atoms with Crippen LogP contribution in [-0.4, -0.2) is 17.6 Å². The molecule has 5 heteroatoms. The van der Waals surface area contributed by atoms with Gasteiger partial charge in [0.1, 0.15) is 11.5 Å². The summed E-state index contributed by atoms with van der Waals surface area (Å²) in [6, 6.07) is 10.3. The van der Waals surface area contributed by atoms with Crippen LogP contribution in [0.25, 0.3) is 0 Å². The summed E-state index contributed by atoms with van der Waals surface area (Å²) in [5.74, 6) is 0.679. The number of carbonyl (C=O) groups excluding carboxylic acids is 1. The minimum atomic E-state index is -0.207. The quantitative estimate of drug-likeness (QED) is 0.888. The predicted molar refractivity (Wildman–Crippen MR) is 86.4 cm³/mol. The molecule has 0 aliphatic heterocycles. The van der Waals surface area contributed by atoms with Crippen LogP contribution in [0.15, 0.2) is 36.4 Å². The van der Waals surface area contributed by atoms with Crippen molar-refractivity contribution in [2.24, 2.45) is 0 Å². The molecule has 0 radical (unpaired) electrons. The monoisotopic (exact) mass is 319 g/mol. The molecule has 0 spiro atoms. The highest BCUT2D eigenvalue weighted by Gasteiger charge is 2.08. The summed E-state index contributed by atoms with van der Waals surface area (Å²) in [6.45, 7) is 4.12. The number of benzene rings is 2. The smallest absolute Gasteiger partial charge is 0.258 e. The summed E-state index contributed by atoms with van der Waals surface area (Å²) in [5, 5.41) is 12.6. The average molecular weight is 320 g/mol. The summed E-state index contributed by atoms with van der Waals surface area (Å²) in [6.07, 6.45) is 0. The molecule has 0 aliphatic rings. The molecule has 0 atom stereocenters. The molecule has 2 aromatic carbocycles. The van der Waals surface area contributed by atoms with Gasteiger partial charge in [-0.1, -0.05) is 23.7 Å². The SMILES string of the molecule is Cc1cc(Cl)cc(C)c1OCC(=O)NCc1ccc(O)cc1. The summed E-state index contributed by atoms with van der Waals surface area (Å²) in [7, 11) is 0. The molecular weight excluding hydrogens is 302 g/mol. The topological polar surface area (TPSA) is 58.6 Å². The maximum atomic E-state index is 11.8. The third-order valence-corrected chi connectivity index (χ3v) is 3.42. The lowest BCUT2D eigenvalue weighted by Crippen LogP contribution is -2.28. The van der Waals surface area contributed by atoms with Gasteiger partial charge >= 0.3 is 0 Å². The highest BCUT2D eigenvalue weighted by molar-refractivity contribution is 6.30. The van der Waals surface area contributed by atoms with Crippen LogP contribution in [-0.2, 0) is 11.3 Å². The van der Waals surface area contributed by atoms with Crippen LogP contribution in [0.3, 0.4) is 0 Å². The summed E-state index contributed by atoms with van der Waals surface area (Å²) in [4.78, 5) is 11.8. The zero-order chi connectivity index (χ0) is 16.1. The van der Waals surface area contributed by atoms with Crippen molar-refractivity contribution in [1.29, 1.82) is 0 Å². The number of aromatic hydroxyl groups is 1. The van der Waals surface area contributed by atoms with Crippen molar-refractivity contribution in [1.82, 2.24) is 5.32 Å². The van der Waals surface area contributed by atoms with E-state index < -0.39 is 0 Å². The van der Waals surface area contributed by atoms with Crippen molar-refractivity contribution in [3.8, 4) is 11.5 Å². The van der Waals surface area contributed by atoms with E-state index in [2.05, 4.69) is 5.32 Å². The fourth-order valence-electron chi connectivity index (χ4n) is 2.13. The highest BCUT2D eigenvalue weighted by Crippen LogP contribution is 2.26. The fraction of sp³-hybridized carbons (Fsp3) is 0.235. The number of carbonyl (C=O) groups is 1. The van der Waals surface area contributed by atoms with Gasteiger partial charge in [-0.2, -0.15) is 0 Å². The Morgan fingerprint density at radius 2 is 1.77 bits per heavy atom. The maximum absolute atomic E-state index is 11.8. The molecule has 116 valence electrons. The first kappa shape index (κ1) is 16.2. The van der Waals surface area contributed by atoms with E-state index in [1.165, 1.54) is 0 Å². The summed E-state index contributed by atoms with van der Waals surface area (Å²) < 4.78 is 5.58. The van der Waals surface area contributed by atoms with E-state index in [4.69, 9.17) is 16.3 Å². The lowest BCUT2D eigenvalue weighted by molar-refractivity contribution is -0.123. The molecule has 0 heterocycles. The number of rotatable bonds is 5. The van der Waals surface area contributed by atoms with Crippen LogP contribution in [0.1, 0.15) is 16.7 Å². The Morgan fingerprint density at radius 3 is 2.36 bits per heavy atom. The van der Waals surface area contributed by atoms with Gasteiger partial charge in [0.05, 0.1) is 0 Å². The Kier molecular flexibility index (Phi) is 5.28. The van der Waals surface area contributed by atoms with Crippen LogP contribution in [0, 0.1) is 13.8 Å². The largest absolute Gasteiger partial charge is 0.508 e. The average Bonchev–Trinajstić information content (AvgIpc) is 2.45. The molecule has 0 aromatic heterocycles. The number of hydrogen-bond acceptors (Lipinski definition) is 3. The Labute approximate surface area is 134 Å². The second-order valence-corrected chi connectivity index (χ2v) is 5.54. The Balaban J connectivity index is 1.87. The molecule has 0 bridgehead atoms. The first-order valence-corrected chi connectivity index (χ1v) is 7.27. The van der Waals surface area contributed by atoms with Gasteiger partial charge in [0.25, 0.3) is 5.91 Å². The third-order valence-electron chi connectivity index (χ3n) is 3.20. The molecule has 2 N–H and O–H groups in total. The van der Waals surface area contributed by atoms with Crippen molar-refractivity contribution in [3.05, 3.63) is 58.1 Å². The number of phenolic OH excluding ortho intramolecular Hbond substituents is 1. The van der Waals surface area contributed by atoms with Crippen molar-refractivity contribution >= 4 is 17.5 Å². The van der Waals surface area contributed by atoms with E-state index in [1.807, 2.05) is 13.8 Å². The molecule has 22 heavy (non-hydrogen) atoms. The molecular formula is C17H18ClNO3. The van der Waals surface area contributed by atoms with E-state index in [-0.39, 0.29) is 18.3 Å². The van der Waals surface area contributed by atoms with Gasteiger partial charge in [0, 0.05) is 11.6 Å². The van der Waals surface area contributed by atoms with Crippen LogP contribution in [0.2, 0.25) is 5.02 Å². The molecule has 0 fully saturated rings. The molecule has 1 amide bonds. The number of amides is 1. The first-order valence-electron chi connectivity index (χ1n) is 6.90. The van der Waals surface area contributed by atoms with Crippen molar-refractivity contribution in [3.63, 3.8) is 0 Å². The number of phenols is 1. The van der Waals surface area contributed by atoms with Gasteiger partial charge in [-0.3, -0.25) is 4.79 Å². The van der Waals surface area contributed by atoms with Gasteiger partial charge in [-0.25, -0.2) is 0 Å². The van der Waals surface area contributed by atoms with E-state index in [0.717, 1.165) is 16.7 Å². The Hall–Kier alpha value is -2.20. The first-order chi connectivity index (χ1) is 10.5. The Morgan fingerprint density at radius 1 is 1.18 bits per heavy atom. The molecule has 0 aliphatic carbocycles. The summed E-state index contributed by atoms with van der Waals surface area (Å²) in [5.41, 5.74) is 2.71. The third kappa shape index (κ3) is 4.40. The number of halogens is 1. The van der Waals surface area contributed by atoms with Crippen LogP contribution in [0.4, 0.5) is 0 Å². The van der Waals surface area contributed by atoms with Crippen LogP contribution < -0.4 is 10.1 Å². The molecule has 2 aromatic rings. The van der Waals surface area contributed by atoms with Crippen LogP contribution in [0.5, 0.6) is 11.5 Å².